The van der Waals surface area contributed by atoms with Crippen LogP contribution in [0.15, 0.2) is 23.4 Å². The Labute approximate surface area is 117 Å². The maximum absolute atomic E-state index is 13.2. The van der Waals surface area contributed by atoms with Crippen molar-refractivity contribution in [1.29, 1.82) is 0 Å². The van der Waals surface area contributed by atoms with Gasteiger partial charge in [0, 0.05) is 25.3 Å². The summed E-state index contributed by atoms with van der Waals surface area (Å²) in [4.78, 5) is 0. The number of halogens is 1. The highest BCUT2D eigenvalue weighted by molar-refractivity contribution is 5.98. The van der Waals surface area contributed by atoms with Gasteiger partial charge in [-0.05, 0) is 43.0 Å². The molecule has 2 rings (SSSR count). The zero-order valence-electron chi connectivity index (χ0n) is 11.3. The maximum atomic E-state index is 13.2. The van der Waals surface area contributed by atoms with E-state index < -0.39 is 5.82 Å². The molecular formula is C14H20FN3O2. The molecule has 5 nitrogen and oxygen atoms in total. The van der Waals surface area contributed by atoms with Crippen molar-refractivity contribution in [2.45, 2.75) is 19.4 Å². The molecule has 4 N–H and O–H groups in total. The topological polar surface area (TPSA) is 79.9 Å². The predicted octanol–water partition coefficient (Wildman–Crippen LogP) is 1.44. The number of nitrogens with two attached hydrogens (primary N) is 1. The molecule has 0 atom stereocenters. The number of nitrogens with one attached hydrogen (secondary N) is 1. The molecule has 0 aromatic heterocycles. The summed E-state index contributed by atoms with van der Waals surface area (Å²) in [5.74, 6) is 0.128. The molecule has 110 valence electrons. The average Bonchev–Trinajstić information content (AvgIpc) is 2.49. The van der Waals surface area contributed by atoms with Crippen LogP contribution < -0.4 is 11.1 Å². The molecule has 1 aliphatic rings. The van der Waals surface area contributed by atoms with Crippen LogP contribution in [-0.4, -0.2) is 30.8 Å². The second-order valence-electron chi connectivity index (χ2n) is 4.97. The van der Waals surface area contributed by atoms with Crippen LogP contribution in [0.1, 0.15) is 24.0 Å². The lowest BCUT2D eigenvalue weighted by Gasteiger charge is -2.22. The van der Waals surface area contributed by atoms with Gasteiger partial charge in [-0.2, -0.15) is 0 Å². The molecule has 0 spiro atoms. The smallest absolute Gasteiger partial charge is 0.170 e. The van der Waals surface area contributed by atoms with Gasteiger partial charge in [0.2, 0.25) is 0 Å². The summed E-state index contributed by atoms with van der Waals surface area (Å²) < 4.78 is 18.5. The summed E-state index contributed by atoms with van der Waals surface area (Å²) in [6.45, 7) is 3.08. The third-order valence-electron chi connectivity index (χ3n) is 3.54. The Kier molecular flexibility index (Phi) is 5.31. The fraction of sp³-hybridized carbons (Fsp3) is 0.500. The lowest BCUT2D eigenvalue weighted by molar-refractivity contribution is 0.0662. The van der Waals surface area contributed by atoms with Gasteiger partial charge < -0.3 is 21.0 Å². The Balaban J connectivity index is 1.94. The van der Waals surface area contributed by atoms with E-state index in [4.69, 9.17) is 15.7 Å². The number of hydrogen-bond donors (Lipinski definition) is 3. The maximum Gasteiger partial charge on any atom is 0.170 e. The highest BCUT2D eigenvalue weighted by Gasteiger charge is 2.14. The monoisotopic (exact) mass is 281 g/mol. The number of benzene rings is 1. The number of amidine groups is 1. The van der Waals surface area contributed by atoms with Gasteiger partial charge in [0.1, 0.15) is 5.82 Å². The summed E-state index contributed by atoms with van der Waals surface area (Å²) in [5, 5.41) is 15.0. The third-order valence-corrected chi connectivity index (χ3v) is 3.54. The minimum absolute atomic E-state index is 0.0765. The Morgan fingerprint density at radius 1 is 1.45 bits per heavy atom. The number of hydrogen-bond acceptors (Lipinski definition) is 4. The lowest BCUT2D eigenvalue weighted by atomic mass is 10.00. The largest absolute Gasteiger partial charge is 0.409 e. The molecule has 0 amide bonds. The van der Waals surface area contributed by atoms with Crippen molar-refractivity contribution in [1.82, 2.24) is 5.32 Å². The van der Waals surface area contributed by atoms with Gasteiger partial charge in [-0.1, -0.05) is 11.2 Å². The van der Waals surface area contributed by atoms with Crippen molar-refractivity contribution in [3.8, 4) is 0 Å². The summed E-state index contributed by atoms with van der Waals surface area (Å²) in [5.41, 5.74) is 6.80. The summed E-state index contributed by atoms with van der Waals surface area (Å²) in [6.07, 6.45) is 2.12. The first kappa shape index (κ1) is 14.7. The van der Waals surface area contributed by atoms with Gasteiger partial charge in [-0.3, -0.25) is 0 Å². The van der Waals surface area contributed by atoms with Crippen molar-refractivity contribution >= 4 is 5.84 Å². The van der Waals surface area contributed by atoms with Gasteiger partial charge in [0.15, 0.2) is 5.84 Å². The van der Waals surface area contributed by atoms with E-state index in [2.05, 4.69) is 10.5 Å². The van der Waals surface area contributed by atoms with Crippen molar-refractivity contribution < 1.29 is 14.3 Å². The van der Waals surface area contributed by atoms with Gasteiger partial charge in [0.25, 0.3) is 0 Å². The molecule has 1 aromatic rings. The Hall–Kier alpha value is -1.66. The second-order valence-corrected chi connectivity index (χ2v) is 4.97. The van der Waals surface area contributed by atoms with Crippen LogP contribution in [0.5, 0.6) is 0 Å². The van der Waals surface area contributed by atoms with Crippen LogP contribution in [-0.2, 0) is 11.3 Å². The van der Waals surface area contributed by atoms with Crippen molar-refractivity contribution in [3.05, 3.63) is 35.1 Å². The average molecular weight is 281 g/mol. The third kappa shape index (κ3) is 3.91. The molecule has 1 heterocycles. The van der Waals surface area contributed by atoms with E-state index in [0.717, 1.165) is 38.2 Å². The molecule has 0 saturated carbocycles. The number of nitrogens with zero attached hydrogens (tertiary/aromatic N) is 1. The summed E-state index contributed by atoms with van der Waals surface area (Å²) in [6, 6.07) is 4.31. The molecule has 1 aliphatic heterocycles. The van der Waals surface area contributed by atoms with Crippen LogP contribution in [0.25, 0.3) is 0 Å². The number of oxime groups is 1. The fourth-order valence-electron chi connectivity index (χ4n) is 2.36. The molecule has 0 bridgehead atoms. The van der Waals surface area contributed by atoms with E-state index in [1.165, 1.54) is 12.1 Å². The first-order valence-electron chi connectivity index (χ1n) is 6.75. The van der Waals surface area contributed by atoms with E-state index in [-0.39, 0.29) is 5.84 Å². The molecule has 6 heteroatoms. The molecule has 0 unspecified atom stereocenters. The minimum atomic E-state index is -0.403. The quantitative estimate of drug-likeness (QED) is 0.330. The van der Waals surface area contributed by atoms with Crippen LogP contribution >= 0.6 is 0 Å². The fourth-order valence-corrected chi connectivity index (χ4v) is 2.36. The normalized spacial score (nSPS) is 17.4. The van der Waals surface area contributed by atoms with Crippen molar-refractivity contribution in [2.75, 3.05) is 19.8 Å². The first-order chi connectivity index (χ1) is 9.70. The predicted molar refractivity (Wildman–Crippen MR) is 74.2 cm³/mol. The van der Waals surface area contributed by atoms with Crippen molar-refractivity contribution in [2.24, 2.45) is 16.8 Å². The van der Waals surface area contributed by atoms with Gasteiger partial charge in [-0.25, -0.2) is 4.39 Å². The number of ether oxygens (including phenoxy) is 1. The van der Waals surface area contributed by atoms with Crippen LogP contribution in [0.4, 0.5) is 4.39 Å². The van der Waals surface area contributed by atoms with E-state index in [0.29, 0.717) is 18.0 Å². The Bertz CT molecular complexity index is 473. The summed E-state index contributed by atoms with van der Waals surface area (Å²) >= 11 is 0. The first-order valence-corrected chi connectivity index (χ1v) is 6.75. The van der Waals surface area contributed by atoms with Crippen LogP contribution in [0.2, 0.25) is 0 Å². The molecule has 1 aromatic carbocycles. The molecule has 1 fully saturated rings. The zero-order chi connectivity index (χ0) is 14.4. The molecule has 0 radical (unpaired) electrons. The van der Waals surface area contributed by atoms with E-state index in [1.54, 1.807) is 6.07 Å². The van der Waals surface area contributed by atoms with E-state index >= 15 is 0 Å². The van der Waals surface area contributed by atoms with Gasteiger partial charge in [0.05, 0.1) is 0 Å². The minimum Gasteiger partial charge on any atom is -0.409 e. The Morgan fingerprint density at radius 3 is 2.90 bits per heavy atom. The molecule has 20 heavy (non-hydrogen) atoms. The zero-order valence-corrected chi connectivity index (χ0v) is 11.3. The molecule has 0 aliphatic carbocycles. The van der Waals surface area contributed by atoms with Crippen LogP contribution in [0.3, 0.4) is 0 Å². The molecular weight excluding hydrogens is 261 g/mol. The lowest BCUT2D eigenvalue weighted by Crippen LogP contribution is -2.28. The molecule has 1 saturated heterocycles. The van der Waals surface area contributed by atoms with E-state index in [1.807, 2.05) is 0 Å². The van der Waals surface area contributed by atoms with Gasteiger partial charge >= 0.3 is 0 Å². The van der Waals surface area contributed by atoms with Crippen molar-refractivity contribution in [3.63, 3.8) is 0 Å². The van der Waals surface area contributed by atoms with Gasteiger partial charge in [-0.15, -0.1) is 0 Å². The second kappa shape index (κ2) is 7.21. The highest BCUT2D eigenvalue weighted by Crippen LogP contribution is 2.15. The number of rotatable bonds is 5. The summed E-state index contributed by atoms with van der Waals surface area (Å²) in [7, 11) is 0. The SMILES string of the molecule is NC(=NO)c1cc(F)ccc1CNCC1CCOCC1. The standard InChI is InChI=1S/C14H20FN3O2/c15-12-2-1-11(13(7-12)14(16)18-19)9-17-8-10-3-5-20-6-4-10/h1-2,7,10,17,19H,3-6,8-9H2,(H2,16,18). The van der Waals surface area contributed by atoms with Crippen LogP contribution in [0, 0.1) is 11.7 Å². The Morgan fingerprint density at radius 2 is 2.20 bits per heavy atom. The van der Waals surface area contributed by atoms with E-state index in [9.17, 15) is 4.39 Å². The highest BCUT2D eigenvalue weighted by atomic mass is 19.1.